The van der Waals surface area contributed by atoms with Crippen LogP contribution in [0.2, 0.25) is 0 Å². The smallest absolute Gasteiger partial charge is 0.275 e. The van der Waals surface area contributed by atoms with Crippen molar-refractivity contribution < 1.29 is 14.5 Å². The lowest BCUT2D eigenvalue weighted by molar-refractivity contribution is -0.384. The van der Waals surface area contributed by atoms with E-state index < -0.39 is 4.92 Å². The van der Waals surface area contributed by atoms with E-state index in [4.69, 9.17) is 4.74 Å². The molecule has 172 valence electrons. The van der Waals surface area contributed by atoms with Crippen LogP contribution in [0.4, 0.5) is 5.69 Å². The number of halogens is 1. The van der Waals surface area contributed by atoms with Gasteiger partial charge < -0.3 is 9.30 Å². The van der Waals surface area contributed by atoms with Gasteiger partial charge in [-0.3, -0.25) is 14.9 Å². The normalized spacial score (nSPS) is 11.1. The largest absolute Gasteiger partial charge is 0.496 e. The molecule has 1 heterocycles. The summed E-state index contributed by atoms with van der Waals surface area (Å²) in [5, 5.41) is 16.1. The van der Waals surface area contributed by atoms with Crippen LogP contribution in [-0.2, 0) is 6.54 Å². The van der Waals surface area contributed by atoms with Crippen molar-refractivity contribution in [1.29, 1.82) is 0 Å². The first-order chi connectivity index (χ1) is 16.4. The fraction of sp³-hybridized carbons (Fsp3) is 0.120. The van der Waals surface area contributed by atoms with Gasteiger partial charge in [0.2, 0.25) is 0 Å². The third-order valence-electron chi connectivity index (χ3n) is 5.53. The molecule has 0 aliphatic carbocycles. The number of para-hydroxylation sites is 1. The fourth-order valence-electron chi connectivity index (χ4n) is 3.80. The zero-order chi connectivity index (χ0) is 24.2. The molecule has 0 fully saturated rings. The van der Waals surface area contributed by atoms with Crippen LogP contribution in [0, 0.1) is 17.0 Å². The lowest BCUT2D eigenvalue weighted by Crippen LogP contribution is -2.18. The molecule has 8 nitrogen and oxygen atoms in total. The maximum absolute atomic E-state index is 12.7. The molecule has 0 aliphatic rings. The van der Waals surface area contributed by atoms with Crippen molar-refractivity contribution in [2.45, 2.75) is 13.5 Å². The summed E-state index contributed by atoms with van der Waals surface area (Å²) in [5.74, 6) is 0.0634. The number of ether oxygens (including phenoxy) is 1. The molecule has 3 aromatic carbocycles. The maximum atomic E-state index is 12.7. The molecular formula is C25H21BrN4O4. The highest BCUT2D eigenvalue weighted by atomic mass is 79.9. The summed E-state index contributed by atoms with van der Waals surface area (Å²) < 4.78 is 8.15. The topological polar surface area (TPSA) is 98.8 Å². The van der Waals surface area contributed by atoms with Gasteiger partial charge in [0.1, 0.15) is 5.75 Å². The molecule has 1 N–H and O–H groups in total. The first-order valence-electron chi connectivity index (χ1n) is 10.4. The highest BCUT2D eigenvalue weighted by Crippen LogP contribution is 2.26. The summed E-state index contributed by atoms with van der Waals surface area (Å²) in [7, 11) is 1.51. The van der Waals surface area contributed by atoms with Gasteiger partial charge in [0.15, 0.2) is 0 Å². The average Bonchev–Trinajstić information content (AvgIpc) is 3.10. The molecule has 0 saturated heterocycles. The Morgan fingerprint density at radius 3 is 2.62 bits per heavy atom. The lowest BCUT2D eigenvalue weighted by Gasteiger charge is -2.09. The standard InChI is InChI=1S/C25H21BrN4O4/c1-16-22(14-27-28-25(31)21-13-18(26)9-12-24(21)34-2)20-5-3-4-6-23(20)29(16)15-17-7-10-19(11-8-17)30(32)33/h3-14H,15H2,1-2H3,(H,28,31)/b27-14-. The van der Waals surface area contributed by atoms with Crippen molar-refractivity contribution in [3.63, 3.8) is 0 Å². The predicted molar refractivity (Wildman–Crippen MR) is 135 cm³/mol. The number of nitro groups is 1. The molecule has 1 aromatic heterocycles. The number of hydrogen-bond acceptors (Lipinski definition) is 5. The first kappa shape index (κ1) is 23.2. The van der Waals surface area contributed by atoms with Crippen molar-refractivity contribution >= 4 is 44.6 Å². The number of carbonyl (C=O) groups is 1. The summed E-state index contributed by atoms with van der Waals surface area (Å²) in [4.78, 5) is 23.2. The van der Waals surface area contributed by atoms with Gasteiger partial charge in [-0.2, -0.15) is 5.10 Å². The molecule has 0 spiro atoms. The fourth-order valence-corrected chi connectivity index (χ4v) is 4.16. The van der Waals surface area contributed by atoms with E-state index in [9.17, 15) is 14.9 Å². The Bertz CT molecular complexity index is 1410. The van der Waals surface area contributed by atoms with E-state index in [1.54, 1.807) is 36.5 Å². The van der Waals surface area contributed by atoms with Gasteiger partial charge in [0, 0.05) is 45.3 Å². The van der Waals surface area contributed by atoms with E-state index in [2.05, 4.69) is 31.0 Å². The lowest BCUT2D eigenvalue weighted by atomic mass is 10.1. The average molecular weight is 521 g/mol. The minimum absolute atomic E-state index is 0.0588. The number of hydrazone groups is 1. The second-order valence-corrected chi connectivity index (χ2v) is 8.49. The molecule has 4 rings (SSSR count). The third kappa shape index (κ3) is 4.69. The van der Waals surface area contributed by atoms with Crippen molar-refractivity contribution in [3.8, 4) is 5.75 Å². The monoisotopic (exact) mass is 520 g/mol. The molecule has 9 heteroatoms. The number of amides is 1. The Labute approximate surface area is 204 Å². The van der Waals surface area contributed by atoms with Crippen LogP contribution in [0.3, 0.4) is 0 Å². The molecule has 4 aromatic rings. The molecule has 0 bridgehead atoms. The van der Waals surface area contributed by atoms with Crippen molar-refractivity contribution in [3.05, 3.63) is 104 Å². The van der Waals surface area contributed by atoms with Crippen LogP contribution in [0.25, 0.3) is 10.9 Å². The van der Waals surface area contributed by atoms with E-state index in [-0.39, 0.29) is 11.6 Å². The zero-order valence-electron chi connectivity index (χ0n) is 18.5. The number of benzene rings is 3. The van der Waals surface area contributed by atoms with Crippen molar-refractivity contribution in [1.82, 2.24) is 9.99 Å². The summed E-state index contributed by atoms with van der Waals surface area (Å²) >= 11 is 3.37. The quantitative estimate of drug-likeness (QED) is 0.199. The molecular weight excluding hydrogens is 500 g/mol. The Morgan fingerprint density at radius 1 is 1.18 bits per heavy atom. The Morgan fingerprint density at radius 2 is 1.91 bits per heavy atom. The first-order valence-corrected chi connectivity index (χ1v) is 11.2. The van der Waals surface area contributed by atoms with E-state index in [1.807, 2.05) is 31.2 Å². The highest BCUT2D eigenvalue weighted by molar-refractivity contribution is 9.10. The number of methoxy groups -OCH3 is 1. The summed E-state index contributed by atoms with van der Waals surface area (Å²) in [6.07, 6.45) is 1.63. The van der Waals surface area contributed by atoms with Crippen LogP contribution < -0.4 is 10.2 Å². The molecule has 0 aliphatic heterocycles. The number of nitrogens with one attached hydrogen (secondary N) is 1. The van der Waals surface area contributed by atoms with Gasteiger partial charge in [-0.15, -0.1) is 0 Å². The SMILES string of the molecule is COc1ccc(Br)cc1C(=O)N/N=C\c1c(C)n(Cc2ccc([N+](=O)[O-])cc2)c2ccccc12. The highest BCUT2D eigenvalue weighted by Gasteiger charge is 2.15. The Balaban J connectivity index is 1.62. The third-order valence-corrected chi connectivity index (χ3v) is 6.03. The number of hydrogen-bond donors (Lipinski definition) is 1. The Kier molecular flexibility index (Phi) is 6.74. The number of fused-ring (bicyclic) bond motifs is 1. The number of aromatic nitrogens is 1. The molecule has 0 radical (unpaired) electrons. The number of rotatable bonds is 7. The van der Waals surface area contributed by atoms with Crippen molar-refractivity contribution in [2.75, 3.05) is 7.11 Å². The summed E-state index contributed by atoms with van der Waals surface area (Å²) in [5.41, 5.74) is 6.77. The molecule has 0 unspecified atom stereocenters. The molecule has 1 amide bonds. The van der Waals surface area contributed by atoms with Crippen LogP contribution in [0.5, 0.6) is 5.75 Å². The van der Waals surface area contributed by atoms with E-state index in [0.29, 0.717) is 17.9 Å². The molecule has 34 heavy (non-hydrogen) atoms. The molecule has 0 atom stereocenters. The van der Waals surface area contributed by atoms with Gasteiger partial charge >= 0.3 is 0 Å². The summed E-state index contributed by atoms with van der Waals surface area (Å²) in [6, 6.07) is 19.6. The van der Waals surface area contributed by atoms with Gasteiger partial charge in [-0.05, 0) is 36.8 Å². The van der Waals surface area contributed by atoms with Crippen LogP contribution >= 0.6 is 15.9 Å². The second-order valence-electron chi connectivity index (χ2n) is 7.57. The summed E-state index contributed by atoms with van der Waals surface area (Å²) in [6.45, 7) is 2.52. The molecule has 0 saturated carbocycles. The van der Waals surface area contributed by atoms with Gasteiger partial charge in [-0.25, -0.2) is 5.43 Å². The maximum Gasteiger partial charge on any atom is 0.275 e. The number of non-ortho nitro benzene ring substituents is 1. The van der Waals surface area contributed by atoms with Gasteiger partial charge in [0.25, 0.3) is 11.6 Å². The van der Waals surface area contributed by atoms with Crippen LogP contribution in [-0.4, -0.2) is 28.7 Å². The van der Waals surface area contributed by atoms with Crippen LogP contribution in [0.1, 0.15) is 27.2 Å². The minimum atomic E-state index is -0.410. The van der Waals surface area contributed by atoms with Gasteiger partial charge in [0.05, 0.1) is 23.8 Å². The van der Waals surface area contributed by atoms with E-state index in [0.717, 1.165) is 32.2 Å². The predicted octanol–water partition coefficient (Wildman–Crippen LogP) is 5.44. The van der Waals surface area contributed by atoms with E-state index >= 15 is 0 Å². The zero-order valence-corrected chi connectivity index (χ0v) is 20.1. The number of nitrogens with zero attached hydrogens (tertiary/aromatic N) is 3. The number of nitro benzene ring substituents is 1. The number of carbonyl (C=O) groups excluding carboxylic acids is 1. The minimum Gasteiger partial charge on any atom is -0.496 e. The van der Waals surface area contributed by atoms with E-state index in [1.165, 1.54) is 19.2 Å². The Hall–Kier alpha value is -3.98. The van der Waals surface area contributed by atoms with Crippen LogP contribution in [0.15, 0.2) is 76.3 Å². The van der Waals surface area contributed by atoms with Gasteiger partial charge in [-0.1, -0.05) is 46.3 Å². The second kappa shape index (κ2) is 9.88. The van der Waals surface area contributed by atoms with Crippen molar-refractivity contribution in [2.24, 2.45) is 5.10 Å².